The van der Waals surface area contributed by atoms with E-state index in [1.807, 2.05) is 47.1 Å². The summed E-state index contributed by atoms with van der Waals surface area (Å²) in [6.07, 6.45) is 1.57. The molecule has 1 aliphatic rings. The van der Waals surface area contributed by atoms with Gasteiger partial charge in [0.15, 0.2) is 11.4 Å². The largest absolute Gasteiger partial charge is 0.504 e. The van der Waals surface area contributed by atoms with E-state index in [0.717, 1.165) is 5.56 Å². The Balaban J connectivity index is 1.51. The van der Waals surface area contributed by atoms with Crippen LogP contribution in [0.3, 0.4) is 0 Å². The molecule has 1 atom stereocenters. The molecule has 28 heavy (non-hydrogen) atoms. The SMILES string of the molecule is CC1C(=O)N(Cc2ccccc2)CCN1Cc1cc(=O)n2cccc(O)c2n1. The number of aromatic nitrogens is 2. The molecule has 7 heteroatoms. The average molecular weight is 378 g/mol. The van der Waals surface area contributed by atoms with E-state index in [1.165, 1.54) is 16.5 Å². The molecule has 0 spiro atoms. The summed E-state index contributed by atoms with van der Waals surface area (Å²) in [5, 5.41) is 10.00. The smallest absolute Gasteiger partial charge is 0.258 e. The fourth-order valence-corrected chi connectivity index (χ4v) is 3.60. The summed E-state index contributed by atoms with van der Waals surface area (Å²) in [5.74, 6) is 0.0220. The summed E-state index contributed by atoms with van der Waals surface area (Å²) in [6, 6.07) is 14.2. The Labute approximate surface area is 162 Å². The molecule has 1 aromatic carbocycles. The van der Waals surface area contributed by atoms with Crippen molar-refractivity contribution in [2.24, 2.45) is 0 Å². The molecule has 144 valence electrons. The lowest BCUT2D eigenvalue weighted by Crippen LogP contribution is -2.55. The second-order valence-corrected chi connectivity index (χ2v) is 7.06. The molecule has 1 aliphatic heterocycles. The molecule has 1 N–H and O–H groups in total. The highest BCUT2D eigenvalue weighted by Gasteiger charge is 2.31. The van der Waals surface area contributed by atoms with Crippen molar-refractivity contribution < 1.29 is 9.90 Å². The van der Waals surface area contributed by atoms with Crippen LogP contribution in [0.4, 0.5) is 0 Å². The van der Waals surface area contributed by atoms with Gasteiger partial charge in [0, 0.05) is 38.4 Å². The summed E-state index contributed by atoms with van der Waals surface area (Å²) < 4.78 is 1.31. The molecule has 3 aromatic rings. The lowest BCUT2D eigenvalue weighted by atomic mass is 10.1. The third kappa shape index (κ3) is 3.48. The van der Waals surface area contributed by atoms with E-state index in [2.05, 4.69) is 4.98 Å². The van der Waals surface area contributed by atoms with E-state index < -0.39 is 0 Å². The Bertz CT molecular complexity index is 1060. The minimum absolute atomic E-state index is 0.0433. The fourth-order valence-electron chi connectivity index (χ4n) is 3.60. The number of piperazine rings is 1. The molecule has 0 bridgehead atoms. The Morgan fingerprint density at radius 1 is 1.07 bits per heavy atom. The van der Waals surface area contributed by atoms with Crippen LogP contribution in [0.1, 0.15) is 18.2 Å². The van der Waals surface area contributed by atoms with Gasteiger partial charge < -0.3 is 10.0 Å². The van der Waals surface area contributed by atoms with Crippen molar-refractivity contribution in [2.75, 3.05) is 13.1 Å². The number of hydrogen-bond donors (Lipinski definition) is 1. The zero-order chi connectivity index (χ0) is 19.7. The Morgan fingerprint density at radius 3 is 2.64 bits per heavy atom. The minimum Gasteiger partial charge on any atom is -0.504 e. The van der Waals surface area contributed by atoms with Crippen molar-refractivity contribution in [3.63, 3.8) is 0 Å². The second kappa shape index (κ2) is 7.44. The van der Waals surface area contributed by atoms with Crippen LogP contribution in [0.5, 0.6) is 5.75 Å². The van der Waals surface area contributed by atoms with Gasteiger partial charge in [-0.2, -0.15) is 0 Å². The van der Waals surface area contributed by atoms with Crippen LogP contribution in [-0.4, -0.2) is 49.3 Å². The first kappa shape index (κ1) is 18.2. The van der Waals surface area contributed by atoms with Gasteiger partial charge in [0.05, 0.1) is 11.7 Å². The van der Waals surface area contributed by atoms with Crippen molar-refractivity contribution in [1.29, 1.82) is 0 Å². The first-order chi connectivity index (χ1) is 13.5. The van der Waals surface area contributed by atoms with E-state index >= 15 is 0 Å². The Kier molecular flexibility index (Phi) is 4.83. The number of amides is 1. The van der Waals surface area contributed by atoms with Crippen molar-refractivity contribution in [1.82, 2.24) is 19.2 Å². The lowest BCUT2D eigenvalue weighted by molar-refractivity contribution is -0.142. The van der Waals surface area contributed by atoms with Gasteiger partial charge in [-0.3, -0.25) is 18.9 Å². The molecule has 0 aliphatic carbocycles. The molecule has 1 amide bonds. The number of fused-ring (bicyclic) bond motifs is 1. The average Bonchev–Trinajstić information content (AvgIpc) is 2.69. The van der Waals surface area contributed by atoms with Crippen LogP contribution in [0, 0.1) is 0 Å². The fraction of sp³-hybridized carbons (Fsp3) is 0.286. The van der Waals surface area contributed by atoms with Crippen LogP contribution in [0.25, 0.3) is 5.65 Å². The third-order valence-electron chi connectivity index (χ3n) is 5.18. The summed E-state index contributed by atoms with van der Waals surface area (Å²) in [4.78, 5) is 33.4. The van der Waals surface area contributed by atoms with Crippen LogP contribution in [0.15, 0.2) is 59.5 Å². The first-order valence-corrected chi connectivity index (χ1v) is 9.30. The monoisotopic (exact) mass is 378 g/mol. The van der Waals surface area contributed by atoms with Gasteiger partial charge in [-0.1, -0.05) is 30.3 Å². The zero-order valence-electron chi connectivity index (χ0n) is 15.7. The number of benzene rings is 1. The summed E-state index contributed by atoms with van der Waals surface area (Å²) in [7, 11) is 0. The van der Waals surface area contributed by atoms with Gasteiger partial charge >= 0.3 is 0 Å². The standard InChI is InChI=1S/C21H22N4O3/c1-15-21(28)24(13-16-6-3-2-4-7-16)11-10-23(15)14-17-12-19(27)25-9-5-8-18(26)20(25)22-17/h2-9,12,15,26H,10-11,13-14H2,1H3. The summed E-state index contributed by atoms with van der Waals surface area (Å²) in [5.41, 5.74) is 1.63. The van der Waals surface area contributed by atoms with Gasteiger partial charge in [-0.25, -0.2) is 4.98 Å². The topological polar surface area (TPSA) is 78.2 Å². The van der Waals surface area contributed by atoms with E-state index in [4.69, 9.17) is 0 Å². The molecule has 2 aromatic heterocycles. The van der Waals surface area contributed by atoms with Crippen molar-refractivity contribution >= 4 is 11.6 Å². The number of carbonyl (C=O) groups excluding carboxylic acids is 1. The highest BCUT2D eigenvalue weighted by molar-refractivity contribution is 5.82. The van der Waals surface area contributed by atoms with Crippen LogP contribution < -0.4 is 5.56 Å². The maximum absolute atomic E-state index is 12.8. The second-order valence-electron chi connectivity index (χ2n) is 7.06. The maximum atomic E-state index is 12.8. The molecule has 1 saturated heterocycles. The summed E-state index contributed by atoms with van der Waals surface area (Å²) in [6.45, 7) is 4.18. The van der Waals surface area contributed by atoms with Gasteiger partial charge in [-0.05, 0) is 24.6 Å². The molecule has 3 heterocycles. The van der Waals surface area contributed by atoms with Gasteiger partial charge in [0.1, 0.15) is 0 Å². The predicted molar refractivity (Wildman–Crippen MR) is 105 cm³/mol. The number of nitrogens with zero attached hydrogens (tertiary/aromatic N) is 4. The number of rotatable bonds is 4. The minimum atomic E-state index is -0.304. The normalized spacial score (nSPS) is 18.0. The molecule has 0 radical (unpaired) electrons. The summed E-state index contributed by atoms with van der Waals surface area (Å²) >= 11 is 0. The molecular formula is C21H22N4O3. The number of pyridine rings is 1. The highest BCUT2D eigenvalue weighted by Crippen LogP contribution is 2.18. The molecular weight excluding hydrogens is 356 g/mol. The maximum Gasteiger partial charge on any atom is 0.258 e. The molecule has 7 nitrogen and oxygen atoms in total. The Hall–Kier alpha value is -3.19. The third-order valence-corrected chi connectivity index (χ3v) is 5.18. The molecule has 1 unspecified atom stereocenters. The highest BCUT2D eigenvalue weighted by atomic mass is 16.3. The number of hydrogen-bond acceptors (Lipinski definition) is 5. The Morgan fingerprint density at radius 2 is 1.86 bits per heavy atom. The van der Waals surface area contributed by atoms with Gasteiger partial charge in [-0.15, -0.1) is 0 Å². The van der Waals surface area contributed by atoms with E-state index in [0.29, 0.717) is 31.9 Å². The van der Waals surface area contributed by atoms with E-state index in [1.54, 1.807) is 12.3 Å². The zero-order valence-corrected chi connectivity index (χ0v) is 15.7. The van der Waals surface area contributed by atoms with Gasteiger partial charge in [0.25, 0.3) is 5.56 Å². The molecule has 4 rings (SSSR count). The first-order valence-electron chi connectivity index (χ1n) is 9.30. The molecule has 0 saturated carbocycles. The van der Waals surface area contributed by atoms with Crippen LogP contribution >= 0.6 is 0 Å². The van der Waals surface area contributed by atoms with Crippen molar-refractivity contribution in [3.05, 3.63) is 76.3 Å². The molecule has 1 fully saturated rings. The van der Waals surface area contributed by atoms with E-state index in [-0.39, 0.29) is 28.9 Å². The van der Waals surface area contributed by atoms with Crippen LogP contribution in [-0.2, 0) is 17.9 Å². The van der Waals surface area contributed by atoms with E-state index in [9.17, 15) is 14.7 Å². The lowest BCUT2D eigenvalue weighted by Gasteiger charge is -2.39. The predicted octanol–water partition coefficient (Wildman–Crippen LogP) is 1.63. The van der Waals surface area contributed by atoms with Crippen LogP contribution in [0.2, 0.25) is 0 Å². The van der Waals surface area contributed by atoms with Crippen molar-refractivity contribution in [2.45, 2.75) is 26.1 Å². The van der Waals surface area contributed by atoms with Crippen molar-refractivity contribution in [3.8, 4) is 5.75 Å². The van der Waals surface area contributed by atoms with Gasteiger partial charge in [0.2, 0.25) is 5.91 Å². The number of aromatic hydroxyl groups is 1. The number of carbonyl (C=O) groups is 1. The quantitative estimate of drug-likeness (QED) is 0.747.